The molecule has 2 aromatic carbocycles. The summed E-state index contributed by atoms with van der Waals surface area (Å²) in [5, 5.41) is 13.1. The molecule has 0 fully saturated rings. The van der Waals surface area contributed by atoms with Crippen molar-refractivity contribution in [2.24, 2.45) is 0 Å². The van der Waals surface area contributed by atoms with E-state index in [0.717, 1.165) is 0 Å². The summed E-state index contributed by atoms with van der Waals surface area (Å²) in [7, 11) is 0. The Labute approximate surface area is 150 Å². The predicted molar refractivity (Wildman–Crippen MR) is 96.6 cm³/mol. The minimum absolute atomic E-state index is 0.00908. The number of halogens is 1. The molecule has 9 heteroatoms. The van der Waals surface area contributed by atoms with E-state index in [9.17, 15) is 19.3 Å². The summed E-state index contributed by atoms with van der Waals surface area (Å²) in [6.07, 6.45) is 0. The van der Waals surface area contributed by atoms with Gasteiger partial charge < -0.3 is 5.32 Å². The summed E-state index contributed by atoms with van der Waals surface area (Å²) in [4.78, 5) is 27.0. The first-order chi connectivity index (χ1) is 11.9. The predicted octanol–water partition coefficient (Wildman–Crippen LogP) is 4.46. The highest BCUT2D eigenvalue weighted by atomic mass is 32.2. The first kappa shape index (κ1) is 17.3. The van der Waals surface area contributed by atoms with Crippen LogP contribution in [-0.4, -0.2) is 21.1 Å². The number of non-ortho nitro benzene ring substituents is 1. The quantitative estimate of drug-likeness (QED) is 0.403. The summed E-state index contributed by atoms with van der Waals surface area (Å²) >= 11 is 2.57. The van der Waals surface area contributed by atoms with Crippen molar-refractivity contribution in [3.05, 3.63) is 58.4 Å². The van der Waals surface area contributed by atoms with Gasteiger partial charge in [0.05, 0.1) is 20.4 Å². The number of benzene rings is 2. The first-order valence-corrected chi connectivity index (χ1v) is 8.90. The van der Waals surface area contributed by atoms with Crippen LogP contribution in [0.25, 0.3) is 10.2 Å². The molecule has 0 aliphatic carbocycles. The molecule has 1 atom stereocenters. The lowest BCUT2D eigenvalue weighted by Crippen LogP contribution is -2.22. The summed E-state index contributed by atoms with van der Waals surface area (Å²) < 4.78 is 14.2. The zero-order chi connectivity index (χ0) is 18.0. The molecular formula is C16H12FN3O3S2. The molecule has 128 valence electrons. The van der Waals surface area contributed by atoms with E-state index < -0.39 is 10.2 Å². The summed E-state index contributed by atoms with van der Waals surface area (Å²) in [6, 6.07) is 9.99. The van der Waals surface area contributed by atoms with Crippen molar-refractivity contribution in [2.45, 2.75) is 16.5 Å². The fourth-order valence-corrected chi connectivity index (χ4v) is 4.28. The number of nitrogens with zero attached hydrogens (tertiary/aromatic N) is 2. The van der Waals surface area contributed by atoms with Gasteiger partial charge in [0.2, 0.25) is 5.91 Å². The maximum Gasteiger partial charge on any atom is 0.270 e. The van der Waals surface area contributed by atoms with Crippen LogP contribution < -0.4 is 5.32 Å². The number of nitro benzene ring substituents is 1. The number of carbonyl (C=O) groups is 1. The molecule has 1 N–H and O–H groups in total. The minimum Gasteiger partial charge on any atom is -0.325 e. The lowest BCUT2D eigenvalue weighted by molar-refractivity contribution is -0.384. The summed E-state index contributed by atoms with van der Waals surface area (Å²) in [6.45, 7) is 1.73. The Bertz CT molecular complexity index is 943. The van der Waals surface area contributed by atoms with Crippen LogP contribution in [-0.2, 0) is 4.79 Å². The highest BCUT2D eigenvalue weighted by Gasteiger charge is 2.18. The van der Waals surface area contributed by atoms with Gasteiger partial charge in [0.1, 0.15) is 5.82 Å². The van der Waals surface area contributed by atoms with Gasteiger partial charge in [-0.2, -0.15) is 0 Å². The number of nitrogens with one attached hydrogen (secondary N) is 1. The van der Waals surface area contributed by atoms with Crippen LogP contribution in [0, 0.1) is 15.9 Å². The lowest BCUT2D eigenvalue weighted by atomic mass is 10.3. The van der Waals surface area contributed by atoms with Crippen molar-refractivity contribution in [1.82, 2.24) is 4.98 Å². The summed E-state index contributed by atoms with van der Waals surface area (Å²) in [5.41, 5.74) is 1.18. The molecule has 1 heterocycles. The average molecular weight is 377 g/mol. The van der Waals surface area contributed by atoms with Gasteiger partial charge in [-0.15, -0.1) is 11.3 Å². The number of nitro groups is 1. The number of thioether (sulfide) groups is 1. The van der Waals surface area contributed by atoms with E-state index in [1.165, 1.54) is 59.5 Å². The molecular weight excluding hydrogens is 365 g/mol. The average Bonchev–Trinajstić information content (AvgIpc) is 2.98. The Morgan fingerprint density at radius 3 is 2.72 bits per heavy atom. The number of amides is 1. The Kier molecular flexibility index (Phi) is 4.95. The van der Waals surface area contributed by atoms with Crippen molar-refractivity contribution in [1.29, 1.82) is 0 Å². The molecule has 1 aromatic heterocycles. The van der Waals surface area contributed by atoms with Crippen LogP contribution in [0.3, 0.4) is 0 Å². The van der Waals surface area contributed by atoms with Gasteiger partial charge in [0.15, 0.2) is 4.34 Å². The molecule has 1 amide bonds. The zero-order valence-electron chi connectivity index (χ0n) is 12.9. The van der Waals surface area contributed by atoms with E-state index in [-0.39, 0.29) is 17.4 Å². The fraction of sp³-hybridized carbons (Fsp3) is 0.125. The molecule has 6 nitrogen and oxygen atoms in total. The normalized spacial score (nSPS) is 12.1. The van der Waals surface area contributed by atoms with Crippen LogP contribution in [0.2, 0.25) is 0 Å². The Balaban J connectivity index is 1.70. The van der Waals surface area contributed by atoms with E-state index in [4.69, 9.17) is 0 Å². The Hall–Kier alpha value is -2.52. The molecule has 0 aliphatic heterocycles. The van der Waals surface area contributed by atoms with Crippen LogP contribution in [0.1, 0.15) is 6.92 Å². The van der Waals surface area contributed by atoms with E-state index >= 15 is 0 Å². The molecule has 0 unspecified atom stereocenters. The number of fused-ring (bicyclic) bond motifs is 1. The largest absolute Gasteiger partial charge is 0.325 e. The topological polar surface area (TPSA) is 85.1 Å². The van der Waals surface area contributed by atoms with Gasteiger partial charge in [-0.25, -0.2) is 9.37 Å². The lowest BCUT2D eigenvalue weighted by Gasteiger charge is -2.10. The van der Waals surface area contributed by atoms with Crippen molar-refractivity contribution in [2.75, 3.05) is 5.32 Å². The molecule has 3 rings (SSSR count). The second kappa shape index (κ2) is 7.16. The number of carbonyl (C=O) groups excluding carboxylic acids is 1. The molecule has 0 saturated carbocycles. The second-order valence-corrected chi connectivity index (χ2v) is 7.76. The minimum atomic E-state index is -0.454. The highest BCUT2D eigenvalue weighted by molar-refractivity contribution is 8.02. The molecule has 25 heavy (non-hydrogen) atoms. The molecule has 0 aliphatic rings. The molecule has 0 spiro atoms. The molecule has 0 saturated heterocycles. The molecule has 0 radical (unpaired) electrons. The maximum absolute atomic E-state index is 12.9. The van der Waals surface area contributed by atoms with Gasteiger partial charge in [-0.05, 0) is 37.3 Å². The monoisotopic (exact) mass is 377 g/mol. The van der Waals surface area contributed by atoms with Gasteiger partial charge in [-0.3, -0.25) is 14.9 Å². The Morgan fingerprint density at radius 2 is 2.04 bits per heavy atom. The van der Waals surface area contributed by atoms with Gasteiger partial charge in [0.25, 0.3) is 5.69 Å². The van der Waals surface area contributed by atoms with Crippen molar-refractivity contribution >= 4 is 50.6 Å². The number of rotatable bonds is 5. The van der Waals surface area contributed by atoms with Crippen LogP contribution in [0.15, 0.2) is 46.8 Å². The van der Waals surface area contributed by atoms with E-state index in [1.54, 1.807) is 13.0 Å². The van der Waals surface area contributed by atoms with Gasteiger partial charge >= 0.3 is 0 Å². The van der Waals surface area contributed by atoms with Gasteiger partial charge in [0, 0.05) is 17.8 Å². The van der Waals surface area contributed by atoms with Crippen molar-refractivity contribution in [3.63, 3.8) is 0 Å². The first-order valence-electron chi connectivity index (χ1n) is 7.20. The van der Waals surface area contributed by atoms with E-state index in [0.29, 0.717) is 20.2 Å². The number of hydrogen-bond donors (Lipinski definition) is 1. The third kappa shape index (κ3) is 4.12. The van der Waals surface area contributed by atoms with Crippen LogP contribution in [0.5, 0.6) is 0 Å². The third-order valence-corrected chi connectivity index (χ3v) is 5.53. The maximum atomic E-state index is 12.9. The van der Waals surface area contributed by atoms with Crippen LogP contribution in [0.4, 0.5) is 15.8 Å². The third-order valence-electron chi connectivity index (χ3n) is 3.32. The summed E-state index contributed by atoms with van der Waals surface area (Å²) in [5.74, 6) is -0.606. The number of anilines is 1. The second-order valence-electron chi connectivity index (χ2n) is 5.15. The zero-order valence-corrected chi connectivity index (χ0v) is 14.6. The Morgan fingerprint density at radius 1 is 1.32 bits per heavy atom. The van der Waals surface area contributed by atoms with Crippen molar-refractivity contribution < 1.29 is 14.1 Å². The SMILES string of the molecule is C[C@@H](Sc1nc2ccc([N+](=O)[O-])cc2s1)C(=O)Nc1ccc(F)cc1. The van der Waals surface area contributed by atoms with E-state index in [2.05, 4.69) is 10.3 Å². The standard InChI is InChI=1S/C16H12FN3O3S2/c1-9(15(21)18-11-4-2-10(17)3-5-11)24-16-19-13-7-6-12(20(22)23)8-14(13)25-16/h2-9H,1H3,(H,18,21)/t9-/m1/s1. The van der Waals surface area contributed by atoms with Gasteiger partial charge in [-0.1, -0.05) is 11.8 Å². The fourth-order valence-electron chi connectivity index (χ4n) is 2.04. The van der Waals surface area contributed by atoms with Crippen molar-refractivity contribution in [3.8, 4) is 0 Å². The van der Waals surface area contributed by atoms with Crippen LogP contribution >= 0.6 is 23.1 Å². The smallest absolute Gasteiger partial charge is 0.270 e. The molecule has 3 aromatic rings. The van der Waals surface area contributed by atoms with E-state index in [1.807, 2.05) is 0 Å². The number of aromatic nitrogens is 1. The number of thiazole rings is 1. The molecule has 0 bridgehead atoms. The highest BCUT2D eigenvalue weighted by Crippen LogP contribution is 2.34. The number of hydrogen-bond acceptors (Lipinski definition) is 6.